The predicted molar refractivity (Wildman–Crippen MR) is 131 cm³/mol. The second-order valence-corrected chi connectivity index (χ2v) is 12.6. The summed E-state index contributed by atoms with van der Waals surface area (Å²) in [6, 6.07) is 0. The van der Waals surface area contributed by atoms with Gasteiger partial charge in [-0.05, 0) is 37.5 Å². The third-order valence-corrected chi connectivity index (χ3v) is 10.3. The van der Waals surface area contributed by atoms with Crippen LogP contribution in [0, 0.1) is 34.5 Å². The van der Waals surface area contributed by atoms with E-state index in [2.05, 4.69) is 13.8 Å². The van der Waals surface area contributed by atoms with E-state index in [0.717, 1.165) is 6.42 Å². The molecular weight excluding hydrogens is 496 g/mol. The van der Waals surface area contributed by atoms with E-state index in [1.54, 1.807) is 13.8 Å². The van der Waals surface area contributed by atoms with Gasteiger partial charge in [-0.25, -0.2) is 0 Å². The number of ether oxygens (including phenoxy) is 6. The Morgan fingerprint density at radius 2 is 1.71 bits per heavy atom. The highest BCUT2D eigenvalue weighted by Gasteiger charge is 2.80. The van der Waals surface area contributed by atoms with Gasteiger partial charge in [-0.2, -0.15) is 0 Å². The van der Waals surface area contributed by atoms with Crippen molar-refractivity contribution in [1.82, 2.24) is 0 Å². The highest BCUT2D eigenvalue weighted by molar-refractivity contribution is 5.72. The molecule has 2 saturated carbocycles. The first kappa shape index (κ1) is 27.8. The highest BCUT2D eigenvalue weighted by atomic mass is 16.7. The Bertz CT molecular complexity index is 947. The number of carbonyl (C=O) groups excluding carboxylic acids is 3. The molecule has 3 aliphatic heterocycles. The molecule has 1 unspecified atom stereocenters. The van der Waals surface area contributed by atoms with Gasteiger partial charge in [0, 0.05) is 31.6 Å². The maximum absolute atomic E-state index is 12.7. The molecule has 3 heterocycles. The lowest BCUT2D eigenvalue weighted by atomic mass is 9.42. The van der Waals surface area contributed by atoms with Gasteiger partial charge in [0.15, 0.2) is 12.6 Å². The Hall–Kier alpha value is -1.75. The Morgan fingerprint density at radius 3 is 2.29 bits per heavy atom. The van der Waals surface area contributed by atoms with Gasteiger partial charge in [-0.15, -0.1) is 0 Å². The van der Waals surface area contributed by atoms with Crippen LogP contribution in [0.25, 0.3) is 0 Å². The number of epoxide rings is 1. The molecule has 0 aromatic heterocycles. The van der Waals surface area contributed by atoms with E-state index < -0.39 is 53.2 Å². The highest BCUT2D eigenvalue weighted by Crippen LogP contribution is 2.70. The van der Waals surface area contributed by atoms with Crippen LogP contribution in [0.2, 0.25) is 0 Å². The molecule has 5 aliphatic rings. The minimum Gasteiger partial charge on any atom is -0.465 e. The SMILES string of the molecule is CC(=O)OC[C@@]12[C@@H](OC(C)=O)C[C@@H](C)[C@](C)([C@@H]3C[C@H]4CC(O)O[C@H]4O3)[C@H]1CC[C@H](OC(=O)C(C)C)[C@]21CO1. The van der Waals surface area contributed by atoms with Gasteiger partial charge in [0.2, 0.25) is 0 Å². The molecule has 2 aliphatic carbocycles. The van der Waals surface area contributed by atoms with Crippen molar-refractivity contribution in [2.45, 2.75) is 110 Å². The average molecular weight is 539 g/mol. The van der Waals surface area contributed by atoms with Gasteiger partial charge >= 0.3 is 17.9 Å². The van der Waals surface area contributed by atoms with Gasteiger partial charge in [0.05, 0.1) is 24.0 Å². The molecule has 0 radical (unpaired) electrons. The fourth-order valence-electron chi connectivity index (χ4n) is 8.23. The topological polar surface area (TPSA) is 130 Å². The number of esters is 3. The van der Waals surface area contributed by atoms with Crippen molar-refractivity contribution in [1.29, 1.82) is 0 Å². The molecule has 10 nitrogen and oxygen atoms in total. The van der Waals surface area contributed by atoms with Crippen molar-refractivity contribution in [3.8, 4) is 0 Å². The quantitative estimate of drug-likeness (QED) is 0.306. The Labute approximate surface area is 224 Å². The number of fused-ring (bicyclic) bond motifs is 3. The van der Waals surface area contributed by atoms with Gasteiger partial charge in [-0.3, -0.25) is 14.4 Å². The van der Waals surface area contributed by atoms with Crippen LogP contribution >= 0.6 is 0 Å². The number of rotatable bonds is 6. The van der Waals surface area contributed by atoms with Gasteiger partial charge < -0.3 is 33.5 Å². The summed E-state index contributed by atoms with van der Waals surface area (Å²) in [5, 5.41) is 9.98. The molecule has 0 aromatic rings. The molecule has 3 saturated heterocycles. The summed E-state index contributed by atoms with van der Waals surface area (Å²) in [4.78, 5) is 37.3. The van der Waals surface area contributed by atoms with E-state index in [1.807, 2.05) is 0 Å². The summed E-state index contributed by atoms with van der Waals surface area (Å²) in [5.41, 5.74) is -2.30. The first-order valence-corrected chi connectivity index (χ1v) is 14.0. The zero-order chi connectivity index (χ0) is 27.6. The third-order valence-electron chi connectivity index (χ3n) is 10.3. The fraction of sp³-hybridized carbons (Fsp3) is 0.893. The van der Waals surface area contributed by atoms with E-state index in [4.69, 9.17) is 28.4 Å². The molecule has 5 rings (SSSR count). The molecule has 10 heteroatoms. The van der Waals surface area contributed by atoms with Crippen LogP contribution < -0.4 is 0 Å². The van der Waals surface area contributed by atoms with Crippen LogP contribution in [0.15, 0.2) is 0 Å². The Kier molecular flexibility index (Phi) is 7.11. The molecule has 11 atom stereocenters. The maximum atomic E-state index is 12.7. The van der Waals surface area contributed by atoms with Crippen LogP contribution in [-0.4, -0.2) is 72.7 Å². The summed E-state index contributed by atoms with van der Waals surface area (Å²) in [6.07, 6.45) is 0.418. The van der Waals surface area contributed by atoms with Crippen LogP contribution in [0.1, 0.15) is 73.6 Å². The van der Waals surface area contributed by atoms with Crippen molar-refractivity contribution >= 4 is 17.9 Å². The van der Waals surface area contributed by atoms with Crippen LogP contribution in [0.3, 0.4) is 0 Å². The second-order valence-electron chi connectivity index (χ2n) is 12.6. The number of aliphatic hydroxyl groups excluding tert-OH is 1. The van der Waals surface area contributed by atoms with E-state index in [0.29, 0.717) is 32.3 Å². The summed E-state index contributed by atoms with van der Waals surface area (Å²) >= 11 is 0. The number of hydrogen-bond donors (Lipinski definition) is 1. The van der Waals surface area contributed by atoms with Crippen LogP contribution in [0.4, 0.5) is 0 Å². The van der Waals surface area contributed by atoms with Crippen LogP contribution in [0.5, 0.6) is 0 Å². The number of carbonyl (C=O) groups is 3. The molecule has 0 aromatic carbocycles. The standard InChI is InChI=1S/C28H42O10/c1-14(2)24(32)36-20-8-7-19-26(6,21-10-18-11-23(31)38-25(18)37-21)15(3)9-22(35-17(5)30)27(19,12-33-16(4)29)28(20)13-34-28/h14-15,18-23,25,31H,7-13H2,1-6H3/t15-,18+,19-,20+,21+,22+,23?,25-,26+,27+,28-/m1/s1. The fourth-order valence-corrected chi connectivity index (χ4v) is 8.23. The summed E-state index contributed by atoms with van der Waals surface area (Å²) < 4.78 is 36.2. The van der Waals surface area contributed by atoms with Crippen molar-refractivity contribution in [2.75, 3.05) is 13.2 Å². The molecule has 1 N–H and O–H groups in total. The largest absolute Gasteiger partial charge is 0.465 e. The first-order valence-electron chi connectivity index (χ1n) is 14.0. The summed E-state index contributed by atoms with van der Waals surface area (Å²) in [5.74, 6) is -1.43. The minimum absolute atomic E-state index is 0.0161. The lowest BCUT2D eigenvalue weighted by molar-refractivity contribution is -0.276. The zero-order valence-electron chi connectivity index (χ0n) is 23.3. The average Bonchev–Trinajstić information content (AvgIpc) is 3.40. The van der Waals surface area contributed by atoms with Crippen molar-refractivity contribution in [3.05, 3.63) is 0 Å². The van der Waals surface area contributed by atoms with E-state index >= 15 is 0 Å². The predicted octanol–water partition coefficient (Wildman–Crippen LogP) is 2.73. The monoisotopic (exact) mass is 538 g/mol. The molecule has 0 amide bonds. The molecule has 38 heavy (non-hydrogen) atoms. The summed E-state index contributed by atoms with van der Waals surface area (Å²) in [6.45, 7) is 11.0. The molecule has 1 spiro atoms. The lowest BCUT2D eigenvalue weighted by Gasteiger charge is -2.64. The smallest absolute Gasteiger partial charge is 0.308 e. The second kappa shape index (κ2) is 9.71. The summed E-state index contributed by atoms with van der Waals surface area (Å²) in [7, 11) is 0. The number of aliphatic hydroxyl groups is 1. The Balaban J connectivity index is 1.58. The van der Waals surface area contributed by atoms with Gasteiger partial charge in [0.25, 0.3) is 0 Å². The molecule has 214 valence electrons. The maximum Gasteiger partial charge on any atom is 0.308 e. The van der Waals surface area contributed by atoms with Crippen molar-refractivity contribution in [2.24, 2.45) is 34.5 Å². The third kappa shape index (κ3) is 4.17. The minimum atomic E-state index is -0.946. The van der Waals surface area contributed by atoms with E-state index in [-0.39, 0.29) is 42.4 Å². The number of hydrogen-bond acceptors (Lipinski definition) is 10. The Morgan fingerprint density at radius 1 is 1.00 bits per heavy atom. The molecule has 0 bridgehead atoms. The lowest BCUT2D eigenvalue weighted by Crippen LogP contribution is -2.72. The van der Waals surface area contributed by atoms with E-state index in [1.165, 1.54) is 13.8 Å². The molecular formula is C28H42O10. The molecule has 5 fully saturated rings. The van der Waals surface area contributed by atoms with Gasteiger partial charge in [0.1, 0.15) is 24.4 Å². The van der Waals surface area contributed by atoms with E-state index in [9.17, 15) is 19.5 Å². The normalized spacial score (nSPS) is 47.4. The van der Waals surface area contributed by atoms with Crippen molar-refractivity contribution < 1.29 is 47.9 Å². The van der Waals surface area contributed by atoms with Gasteiger partial charge in [-0.1, -0.05) is 27.7 Å². The van der Waals surface area contributed by atoms with Crippen LogP contribution in [-0.2, 0) is 42.8 Å². The van der Waals surface area contributed by atoms with Crippen molar-refractivity contribution in [3.63, 3.8) is 0 Å². The first-order chi connectivity index (χ1) is 17.8. The zero-order valence-corrected chi connectivity index (χ0v) is 23.3.